The van der Waals surface area contributed by atoms with Gasteiger partial charge in [0.15, 0.2) is 0 Å². The summed E-state index contributed by atoms with van der Waals surface area (Å²) < 4.78 is 10.9. The zero-order valence-electron chi connectivity index (χ0n) is 13.6. The molecular formula is C17H25NO3. The molecule has 1 aliphatic rings. The average molecular weight is 291 g/mol. The Hall–Kier alpha value is -1.55. The fraction of sp³-hybridized carbons (Fsp3) is 0.588. The van der Waals surface area contributed by atoms with Gasteiger partial charge in [0, 0.05) is 6.04 Å². The molecule has 4 heteroatoms. The molecule has 0 saturated heterocycles. The normalized spacial score (nSPS) is 17.2. The molecule has 0 radical (unpaired) electrons. The van der Waals surface area contributed by atoms with Crippen LogP contribution in [0.5, 0.6) is 5.75 Å². The monoisotopic (exact) mass is 291 g/mol. The average Bonchev–Trinajstić information content (AvgIpc) is 3.20. The topological polar surface area (TPSA) is 47.6 Å². The van der Waals surface area contributed by atoms with E-state index in [9.17, 15) is 4.79 Å². The van der Waals surface area contributed by atoms with Gasteiger partial charge >= 0.3 is 5.97 Å². The largest absolute Gasteiger partial charge is 0.490 e. The number of carbonyl (C=O) groups is 1. The van der Waals surface area contributed by atoms with Crippen molar-refractivity contribution in [2.45, 2.75) is 52.1 Å². The Bertz CT molecular complexity index is 514. The van der Waals surface area contributed by atoms with Crippen molar-refractivity contribution in [1.82, 2.24) is 5.32 Å². The summed E-state index contributed by atoms with van der Waals surface area (Å²) in [6.45, 7) is 8.23. The summed E-state index contributed by atoms with van der Waals surface area (Å²) in [6.07, 6.45) is 2.21. The molecule has 2 rings (SSSR count). The first-order valence-corrected chi connectivity index (χ1v) is 7.42. The van der Waals surface area contributed by atoms with E-state index in [1.807, 2.05) is 20.8 Å². The molecule has 1 fully saturated rings. The predicted octanol–water partition coefficient (Wildman–Crippen LogP) is 2.67. The zero-order chi connectivity index (χ0) is 15.6. The van der Waals surface area contributed by atoms with Crippen LogP contribution in [0.25, 0.3) is 0 Å². The van der Waals surface area contributed by atoms with Gasteiger partial charge in [0.1, 0.15) is 17.9 Å². The third-order valence-electron chi connectivity index (χ3n) is 3.85. The van der Waals surface area contributed by atoms with Crippen LogP contribution in [0.4, 0.5) is 0 Å². The van der Waals surface area contributed by atoms with E-state index in [1.54, 1.807) is 0 Å². The summed E-state index contributed by atoms with van der Waals surface area (Å²) in [5.74, 6) is 0.574. The third kappa shape index (κ3) is 3.76. The molecule has 1 saturated carbocycles. The lowest BCUT2D eigenvalue weighted by molar-refractivity contribution is -0.149. The fourth-order valence-electron chi connectivity index (χ4n) is 2.67. The van der Waals surface area contributed by atoms with Crippen molar-refractivity contribution in [3.8, 4) is 5.75 Å². The molecule has 0 amide bonds. The van der Waals surface area contributed by atoms with Gasteiger partial charge in [-0.05, 0) is 51.7 Å². The van der Waals surface area contributed by atoms with Crippen LogP contribution in [0.15, 0.2) is 12.1 Å². The van der Waals surface area contributed by atoms with Gasteiger partial charge in [-0.25, -0.2) is 4.79 Å². The van der Waals surface area contributed by atoms with Gasteiger partial charge in [0.25, 0.3) is 0 Å². The molecule has 0 aliphatic heterocycles. The standard InChI is InChI=1S/C17H25NO3/c1-11-8-12(2)15(13(3)9-11)21-10-17(4,16(19)20-5)18-14-6-7-14/h8-9,14,18H,6-7,10H2,1-5H3. The lowest BCUT2D eigenvalue weighted by Gasteiger charge is -2.28. The Morgan fingerprint density at radius 1 is 1.29 bits per heavy atom. The summed E-state index contributed by atoms with van der Waals surface area (Å²) >= 11 is 0. The van der Waals surface area contributed by atoms with Crippen molar-refractivity contribution in [3.63, 3.8) is 0 Å². The predicted molar refractivity (Wildman–Crippen MR) is 82.7 cm³/mol. The Morgan fingerprint density at radius 2 is 1.86 bits per heavy atom. The molecule has 1 unspecified atom stereocenters. The molecule has 1 N–H and O–H groups in total. The second-order valence-corrected chi connectivity index (χ2v) is 6.26. The molecule has 0 spiro atoms. The van der Waals surface area contributed by atoms with E-state index < -0.39 is 5.54 Å². The highest BCUT2D eigenvalue weighted by atomic mass is 16.5. The second-order valence-electron chi connectivity index (χ2n) is 6.26. The van der Waals surface area contributed by atoms with E-state index in [-0.39, 0.29) is 12.6 Å². The molecule has 116 valence electrons. The maximum absolute atomic E-state index is 12.1. The van der Waals surface area contributed by atoms with Crippen molar-refractivity contribution in [2.24, 2.45) is 0 Å². The Morgan fingerprint density at radius 3 is 2.33 bits per heavy atom. The molecule has 0 aromatic heterocycles. The minimum atomic E-state index is -0.806. The summed E-state index contributed by atoms with van der Waals surface area (Å²) in [7, 11) is 1.41. The number of nitrogens with one attached hydrogen (secondary N) is 1. The van der Waals surface area contributed by atoms with E-state index in [0.29, 0.717) is 6.04 Å². The number of carbonyl (C=O) groups excluding carboxylic acids is 1. The van der Waals surface area contributed by atoms with Gasteiger partial charge in [-0.15, -0.1) is 0 Å². The first kappa shape index (κ1) is 15.8. The molecule has 0 heterocycles. The first-order chi connectivity index (χ1) is 9.85. The smallest absolute Gasteiger partial charge is 0.329 e. The zero-order valence-corrected chi connectivity index (χ0v) is 13.6. The van der Waals surface area contributed by atoms with Crippen LogP contribution in [0.3, 0.4) is 0 Å². The van der Waals surface area contributed by atoms with Crippen LogP contribution in [0, 0.1) is 20.8 Å². The minimum absolute atomic E-state index is 0.265. The van der Waals surface area contributed by atoms with E-state index in [0.717, 1.165) is 29.7 Å². The highest BCUT2D eigenvalue weighted by molar-refractivity contribution is 5.80. The Kier molecular flexibility index (Phi) is 4.57. The number of methoxy groups -OCH3 is 1. The van der Waals surface area contributed by atoms with Gasteiger partial charge < -0.3 is 9.47 Å². The van der Waals surface area contributed by atoms with Crippen LogP contribution in [-0.4, -0.2) is 31.3 Å². The molecule has 1 aliphatic carbocycles. The second kappa shape index (κ2) is 6.06. The third-order valence-corrected chi connectivity index (χ3v) is 3.85. The van der Waals surface area contributed by atoms with Gasteiger partial charge in [-0.1, -0.05) is 17.7 Å². The summed E-state index contributed by atoms with van der Waals surface area (Å²) in [4.78, 5) is 12.1. The highest BCUT2D eigenvalue weighted by Crippen LogP contribution is 2.27. The van der Waals surface area contributed by atoms with Crippen molar-refractivity contribution in [1.29, 1.82) is 0 Å². The summed E-state index contributed by atoms with van der Waals surface area (Å²) in [5.41, 5.74) is 2.58. The van der Waals surface area contributed by atoms with E-state index in [1.165, 1.54) is 12.7 Å². The molecule has 1 aromatic rings. The number of ether oxygens (including phenoxy) is 2. The van der Waals surface area contributed by atoms with Gasteiger partial charge in [-0.3, -0.25) is 5.32 Å². The van der Waals surface area contributed by atoms with Crippen LogP contribution >= 0.6 is 0 Å². The van der Waals surface area contributed by atoms with E-state index >= 15 is 0 Å². The Labute approximate surface area is 126 Å². The molecule has 1 aromatic carbocycles. The van der Waals surface area contributed by atoms with Gasteiger partial charge in [0.2, 0.25) is 0 Å². The number of hydrogen-bond acceptors (Lipinski definition) is 4. The Balaban J connectivity index is 2.13. The number of benzene rings is 1. The lowest BCUT2D eigenvalue weighted by Crippen LogP contribution is -2.55. The van der Waals surface area contributed by atoms with Crippen LogP contribution < -0.4 is 10.1 Å². The number of rotatable bonds is 6. The summed E-state index contributed by atoms with van der Waals surface area (Å²) in [6, 6.07) is 4.58. The van der Waals surface area contributed by atoms with Crippen LogP contribution in [0.1, 0.15) is 36.5 Å². The number of hydrogen-bond donors (Lipinski definition) is 1. The van der Waals surface area contributed by atoms with Crippen molar-refractivity contribution in [2.75, 3.05) is 13.7 Å². The quantitative estimate of drug-likeness (QED) is 0.819. The van der Waals surface area contributed by atoms with E-state index in [4.69, 9.17) is 9.47 Å². The van der Waals surface area contributed by atoms with Gasteiger partial charge in [-0.2, -0.15) is 0 Å². The summed E-state index contributed by atoms with van der Waals surface area (Å²) in [5, 5.41) is 3.34. The maximum Gasteiger partial charge on any atom is 0.329 e. The van der Waals surface area contributed by atoms with Gasteiger partial charge in [0.05, 0.1) is 7.11 Å². The number of esters is 1. The highest BCUT2D eigenvalue weighted by Gasteiger charge is 2.40. The molecule has 4 nitrogen and oxygen atoms in total. The number of aryl methyl sites for hydroxylation is 3. The maximum atomic E-state index is 12.1. The van der Waals surface area contributed by atoms with E-state index in [2.05, 4.69) is 24.4 Å². The molecular weight excluding hydrogens is 266 g/mol. The fourth-order valence-corrected chi connectivity index (χ4v) is 2.67. The van der Waals surface area contributed by atoms with Crippen LogP contribution in [0.2, 0.25) is 0 Å². The minimum Gasteiger partial charge on any atom is -0.490 e. The molecule has 1 atom stereocenters. The molecule has 0 bridgehead atoms. The van der Waals surface area contributed by atoms with Crippen molar-refractivity contribution < 1.29 is 14.3 Å². The SMILES string of the molecule is COC(=O)C(C)(COc1c(C)cc(C)cc1C)NC1CC1. The van der Waals surface area contributed by atoms with Crippen molar-refractivity contribution in [3.05, 3.63) is 28.8 Å². The molecule has 21 heavy (non-hydrogen) atoms. The lowest BCUT2D eigenvalue weighted by atomic mass is 10.0. The van der Waals surface area contributed by atoms with Crippen molar-refractivity contribution >= 4 is 5.97 Å². The first-order valence-electron chi connectivity index (χ1n) is 7.42. The van der Waals surface area contributed by atoms with Crippen LogP contribution in [-0.2, 0) is 9.53 Å².